The Hall–Kier alpha value is -3.42. The molecule has 2 aromatic carbocycles. The highest BCUT2D eigenvalue weighted by Gasteiger charge is 2.26. The third-order valence-corrected chi connectivity index (χ3v) is 5.76. The maximum Gasteiger partial charge on any atom is 0.225 e. The minimum atomic E-state index is -0.947. The Kier molecular flexibility index (Phi) is 6.12. The number of nitrogens with one attached hydrogen (secondary N) is 1. The third kappa shape index (κ3) is 4.90. The van der Waals surface area contributed by atoms with Crippen molar-refractivity contribution < 1.29 is 13.5 Å². The average Bonchev–Trinajstić information content (AvgIpc) is 2.78. The summed E-state index contributed by atoms with van der Waals surface area (Å²) in [5.74, 6) is -1.65. The summed E-state index contributed by atoms with van der Waals surface area (Å²) in [6.07, 6.45) is 5.31. The predicted octanol–water partition coefficient (Wildman–Crippen LogP) is 5.29. The Morgan fingerprint density at radius 1 is 1.09 bits per heavy atom. The first-order valence-corrected chi connectivity index (χ1v) is 10.6. The summed E-state index contributed by atoms with van der Waals surface area (Å²) in [6, 6.07) is 10.2. The molecular formula is C24H27F2N5O. The number of halogens is 2. The van der Waals surface area contributed by atoms with E-state index in [0.717, 1.165) is 37.6 Å². The lowest BCUT2D eigenvalue weighted by atomic mass is 9.83. The molecule has 1 aromatic heterocycles. The Morgan fingerprint density at radius 3 is 2.41 bits per heavy atom. The Labute approximate surface area is 186 Å². The van der Waals surface area contributed by atoms with Crippen molar-refractivity contribution in [2.45, 2.75) is 33.3 Å². The molecule has 3 aromatic rings. The van der Waals surface area contributed by atoms with Crippen LogP contribution >= 0.6 is 0 Å². The van der Waals surface area contributed by atoms with E-state index in [1.165, 1.54) is 0 Å². The van der Waals surface area contributed by atoms with Gasteiger partial charge in [-0.1, -0.05) is 44.2 Å². The van der Waals surface area contributed by atoms with Crippen LogP contribution in [0.25, 0.3) is 0 Å². The fourth-order valence-electron chi connectivity index (χ4n) is 3.60. The Morgan fingerprint density at radius 2 is 1.75 bits per heavy atom. The van der Waals surface area contributed by atoms with Crippen molar-refractivity contribution in [3.8, 4) is 5.75 Å². The molecule has 0 radical (unpaired) electrons. The SMILES string of the molecule is CC1(C)CCN(c2ncc(Nc3cc(F)c(OCc4ccccc4)c(F)c3N)cn2)CC1. The van der Waals surface area contributed by atoms with Gasteiger partial charge in [0.2, 0.25) is 5.95 Å². The van der Waals surface area contributed by atoms with Crippen molar-refractivity contribution >= 4 is 23.0 Å². The summed E-state index contributed by atoms with van der Waals surface area (Å²) in [7, 11) is 0. The molecule has 8 heteroatoms. The largest absolute Gasteiger partial charge is 0.483 e. The van der Waals surface area contributed by atoms with Gasteiger partial charge in [0.1, 0.15) is 6.61 Å². The van der Waals surface area contributed by atoms with Gasteiger partial charge in [0, 0.05) is 19.2 Å². The van der Waals surface area contributed by atoms with Gasteiger partial charge in [-0.2, -0.15) is 0 Å². The van der Waals surface area contributed by atoms with Crippen molar-refractivity contribution in [2.75, 3.05) is 29.0 Å². The molecule has 1 aliphatic heterocycles. The van der Waals surface area contributed by atoms with Gasteiger partial charge in [0.15, 0.2) is 17.4 Å². The second kappa shape index (κ2) is 8.98. The van der Waals surface area contributed by atoms with Crippen molar-refractivity contribution in [2.24, 2.45) is 5.41 Å². The number of nitrogen functional groups attached to an aromatic ring is 1. The lowest BCUT2D eigenvalue weighted by Gasteiger charge is -2.36. The molecule has 32 heavy (non-hydrogen) atoms. The van der Waals surface area contributed by atoms with E-state index in [0.29, 0.717) is 17.1 Å². The average molecular weight is 440 g/mol. The molecule has 0 atom stereocenters. The number of ether oxygens (including phenoxy) is 1. The van der Waals surface area contributed by atoms with Gasteiger partial charge in [-0.3, -0.25) is 0 Å². The number of rotatable bonds is 6. The third-order valence-electron chi connectivity index (χ3n) is 5.76. The van der Waals surface area contributed by atoms with Gasteiger partial charge in [-0.05, 0) is 23.8 Å². The standard InChI is InChI=1S/C24H27F2N5O/c1-24(2)8-10-31(11-9-24)23-28-13-17(14-29-23)30-19-12-18(25)22(20(26)21(19)27)32-15-16-6-4-3-5-7-16/h3-7,12-14,30H,8-11,15,27H2,1-2H3. The van der Waals surface area contributed by atoms with Gasteiger partial charge in [-0.15, -0.1) is 0 Å². The molecule has 0 amide bonds. The molecular weight excluding hydrogens is 412 g/mol. The number of aromatic nitrogens is 2. The molecule has 0 spiro atoms. The van der Waals surface area contributed by atoms with Crippen molar-refractivity contribution in [3.63, 3.8) is 0 Å². The van der Waals surface area contributed by atoms with E-state index in [2.05, 4.69) is 34.0 Å². The zero-order valence-corrected chi connectivity index (χ0v) is 18.2. The number of hydrogen-bond acceptors (Lipinski definition) is 6. The zero-order chi connectivity index (χ0) is 22.7. The molecule has 0 aliphatic carbocycles. The fourth-order valence-corrected chi connectivity index (χ4v) is 3.60. The molecule has 1 aliphatic rings. The molecule has 168 valence electrons. The topological polar surface area (TPSA) is 76.3 Å². The smallest absolute Gasteiger partial charge is 0.225 e. The van der Waals surface area contributed by atoms with E-state index < -0.39 is 17.4 Å². The lowest BCUT2D eigenvalue weighted by Crippen LogP contribution is -2.38. The molecule has 0 bridgehead atoms. The minimum absolute atomic E-state index is 0.0316. The number of anilines is 4. The minimum Gasteiger partial charge on any atom is -0.483 e. The fraction of sp³-hybridized carbons (Fsp3) is 0.333. The summed E-state index contributed by atoms with van der Waals surface area (Å²) in [5.41, 5.74) is 7.36. The molecule has 4 rings (SSSR count). The maximum absolute atomic E-state index is 14.7. The van der Waals surface area contributed by atoms with E-state index in [-0.39, 0.29) is 18.0 Å². The second-order valence-corrected chi connectivity index (χ2v) is 8.79. The number of piperidine rings is 1. The number of nitrogens with two attached hydrogens (primary N) is 1. The number of hydrogen-bond donors (Lipinski definition) is 2. The summed E-state index contributed by atoms with van der Waals surface area (Å²) in [4.78, 5) is 10.9. The van der Waals surface area contributed by atoms with E-state index in [1.807, 2.05) is 30.3 Å². The van der Waals surface area contributed by atoms with Crippen molar-refractivity contribution in [3.05, 3.63) is 66.0 Å². The summed E-state index contributed by atoms with van der Waals surface area (Å²) in [5, 5.41) is 2.89. The highest BCUT2D eigenvalue weighted by molar-refractivity contribution is 5.74. The van der Waals surface area contributed by atoms with E-state index in [4.69, 9.17) is 10.5 Å². The first kappa shape index (κ1) is 21.8. The molecule has 3 N–H and O–H groups in total. The van der Waals surface area contributed by atoms with Crippen LogP contribution in [0.3, 0.4) is 0 Å². The van der Waals surface area contributed by atoms with Crippen LogP contribution in [-0.2, 0) is 6.61 Å². The van der Waals surface area contributed by atoms with Crippen LogP contribution in [0, 0.1) is 17.0 Å². The van der Waals surface area contributed by atoms with Crippen LogP contribution in [-0.4, -0.2) is 23.1 Å². The van der Waals surface area contributed by atoms with Gasteiger partial charge in [-0.25, -0.2) is 18.7 Å². The Balaban J connectivity index is 1.45. The zero-order valence-electron chi connectivity index (χ0n) is 18.2. The van der Waals surface area contributed by atoms with Crippen molar-refractivity contribution in [1.82, 2.24) is 9.97 Å². The highest BCUT2D eigenvalue weighted by atomic mass is 19.1. The monoisotopic (exact) mass is 439 g/mol. The van der Waals surface area contributed by atoms with Crippen LogP contribution < -0.4 is 20.7 Å². The summed E-state index contributed by atoms with van der Waals surface area (Å²) in [6.45, 7) is 6.35. The maximum atomic E-state index is 14.7. The van der Waals surface area contributed by atoms with Gasteiger partial charge in [0.25, 0.3) is 0 Å². The summed E-state index contributed by atoms with van der Waals surface area (Å²) >= 11 is 0. The molecule has 0 unspecified atom stereocenters. The molecule has 2 heterocycles. The van der Waals surface area contributed by atoms with Crippen LogP contribution in [0.4, 0.5) is 31.8 Å². The van der Waals surface area contributed by atoms with Gasteiger partial charge < -0.3 is 20.7 Å². The second-order valence-electron chi connectivity index (χ2n) is 8.79. The van der Waals surface area contributed by atoms with E-state index in [1.54, 1.807) is 12.4 Å². The van der Waals surface area contributed by atoms with E-state index in [9.17, 15) is 8.78 Å². The first-order valence-electron chi connectivity index (χ1n) is 10.6. The first-order chi connectivity index (χ1) is 15.3. The van der Waals surface area contributed by atoms with Gasteiger partial charge >= 0.3 is 0 Å². The van der Waals surface area contributed by atoms with Crippen molar-refractivity contribution in [1.29, 1.82) is 0 Å². The van der Waals surface area contributed by atoms with Crippen LogP contribution in [0.15, 0.2) is 48.8 Å². The molecule has 1 saturated heterocycles. The molecule has 0 saturated carbocycles. The summed E-state index contributed by atoms with van der Waals surface area (Å²) < 4.78 is 34.6. The van der Waals surface area contributed by atoms with Crippen LogP contribution in [0.1, 0.15) is 32.3 Å². The highest BCUT2D eigenvalue weighted by Crippen LogP contribution is 2.35. The van der Waals surface area contributed by atoms with Crippen LogP contribution in [0.2, 0.25) is 0 Å². The molecule has 6 nitrogen and oxygen atoms in total. The predicted molar refractivity (Wildman–Crippen MR) is 122 cm³/mol. The van der Waals surface area contributed by atoms with Crippen LogP contribution in [0.5, 0.6) is 5.75 Å². The number of nitrogens with zero attached hydrogens (tertiary/aromatic N) is 3. The normalized spacial score (nSPS) is 15.4. The quantitative estimate of drug-likeness (QED) is 0.509. The molecule has 1 fully saturated rings. The van der Waals surface area contributed by atoms with E-state index >= 15 is 0 Å². The van der Waals surface area contributed by atoms with Gasteiger partial charge in [0.05, 0.1) is 29.5 Å². The number of benzene rings is 2. The Bertz CT molecular complexity index is 1060. The lowest BCUT2D eigenvalue weighted by molar-refractivity contribution is 0.275.